The predicted molar refractivity (Wildman–Crippen MR) is 68.4 cm³/mol. The van der Waals surface area contributed by atoms with Crippen molar-refractivity contribution in [3.05, 3.63) is 23.2 Å². The molecule has 2 nitrogen and oxygen atoms in total. The molecule has 0 aromatic heterocycles. The second-order valence-electron chi connectivity index (χ2n) is 4.57. The molecule has 1 saturated carbocycles. The molecule has 1 aliphatic rings. The smallest absolute Gasteiger partial charge is 0.121 e. The third-order valence-electron chi connectivity index (χ3n) is 2.96. The van der Waals surface area contributed by atoms with E-state index in [-0.39, 0.29) is 0 Å². The summed E-state index contributed by atoms with van der Waals surface area (Å²) in [6.45, 7) is 2.20. The monoisotopic (exact) mass is 239 g/mol. The van der Waals surface area contributed by atoms with E-state index in [0.717, 1.165) is 22.4 Å². The average molecular weight is 240 g/mol. The van der Waals surface area contributed by atoms with Gasteiger partial charge in [-0.15, -0.1) is 0 Å². The molecule has 0 saturated heterocycles. The van der Waals surface area contributed by atoms with Gasteiger partial charge in [-0.2, -0.15) is 0 Å². The van der Waals surface area contributed by atoms with Crippen molar-refractivity contribution in [1.29, 1.82) is 0 Å². The zero-order chi connectivity index (χ0) is 11.5. The van der Waals surface area contributed by atoms with E-state index < -0.39 is 0 Å². The Labute approximate surface area is 102 Å². The van der Waals surface area contributed by atoms with Crippen LogP contribution in [0.25, 0.3) is 0 Å². The van der Waals surface area contributed by atoms with Crippen molar-refractivity contribution in [2.75, 3.05) is 12.4 Å². The van der Waals surface area contributed by atoms with Crippen molar-refractivity contribution < 1.29 is 4.74 Å². The minimum Gasteiger partial charge on any atom is -0.497 e. The van der Waals surface area contributed by atoms with Gasteiger partial charge < -0.3 is 10.1 Å². The standard InChI is InChI=1S/C13H18ClNO/c1-9(7-10-3-4-10)15-13-8-11(16-2)5-6-12(13)14/h5-6,8-10,15H,3-4,7H2,1-2H3. The van der Waals surface area contributed by atoms with E-state index in [0.29, 0.717) is 6.04 Å². The molecule has 3 heteroatoms. The van der Waals surface area contributed by atoms with Crippen molar-refractivity contribution in [3.8, 4) is 5.75 Å². The molecule has 1 N–H and O–H groups in total. The zero-order valence-electron chi connectivity index (χ0n) is 9.79. The molecule has 0 radical (unpaired) electrons. The van der Waals surface area contributed by atoms with Crippen LogP contribution >= 0.6 is 11.6 Å². The van der Waals surface area contributed by atoms with Gasteiger partial charge in [0.2, 0.25) is 0 Å². The molecule has 2 rings (SSSR count). The van der Waals surface area contributed by atoms with Crippen molar-refractivity contribution >= 4 is 17.3 Å². The molecule has 1 aliphatic carbocycles. The maximum absolute atomic E-state index is 6.13. The Bertz CT molecular complexity index is 363. The fourth-order valence-electron chi connectivity index (χ4n) is 1.92. The maximum Gasteiger partial charge on any atom is 0.121 e. The molecular formula is C13H18ClNO. The Hall–Kier alpha value is -0.890. The van der Waals surface area contributed by atoms with Gasteiger partial charge in [-0.25, -0.2) is 0 Å². The molecule has 0 heterocycles. The van der Waals surface area contributed by atoms with Gasteiger partial charge in [0.25, 0.3) is 0 Å². The van der Waals surface area contributed by atoms with Crippen molar-refractivity contribution in [3.63, 3.8) is 0 Å². The first-order valence-corrected chi connectivity index (χ1v) is 6.17. The van der Waals surface area contributed by atoms with Crippen molar-refractivity contribution in [2.24, 2.45) is 5.92 Å². The summed E-state index contributed by atoms with van der Waals surface area (Å²) in [5, 5.41) is 4.20. The number of methoxy groups -OCH3 is 1. The Kier molecular flexibility index (Phi) is 3.59. The van der Waals surface area contributed by atoms with Gasteiger partial charge in [0.1, 0.15) is 5.75 Å². The van der Waals surface area contributed by atoms with Gasteiger partial charge in [0.15, 0.2) is 0 Å². The number of halogens is 1. The van der Waals surface area contributed by atoms with Gasteiger partial charge in [-0.1, -0.05) is 24.4 Å². The van der Waals surface area contributed by atoms with E-state index in [1.807, 2.05) is 18.2 Å². The van der Waals surface area contributed by atoms with Crippen LogP contribution in [0, 0.1) is 5.92 Å². The molecule has 1 aromatic carbocycles. The van der Waals surface area contributed by atoms with Crippen LogP contribution in [0.2, 0.25) is 5.02 Å². The topological polar surface area (TPSA) is 21.3 Å². The van der Waals surface area contributed by atoms with Crippen LogP contribution in [-0.2, 0) is 0 Å². The van der Waals surface area contributed by atoms with Gasteiger partial charge >= 0.3 is 0 Å². The number of hydrogen-bond donors (Lipinski definition) is 1. The molecule has 0 amide bonds. The third kappa shape index (κ3) is 3.05. The van der Waals surface area contributed by atoms with E-state index in [9.17, 15) is 0 Å². The van der Waals surface area contributed by atoms with Crippen LogP contribution in [0.15, 0.2) is 18.2 Å². The fraction of sp³-hybridized carbons (Fsp3) is 0.538. The van der Waals surface area contributed by atoms with Gasteiger partial charge in [0.05, 0.1) is 17.8 Å². The van der Waals surface area contributed by atoms with E-state index >= 15 is 0 Å². The van der Waals surface area contributed by atoms with Crippen molar-refractivity contribution in [1.82, 2.24) is 0 Å². The number of benzene rings is 1. The van der Waals surface area contributed by atoms with E-state index in [1.54, 1.807) is 7.11 Å². The van der Waals surface area contributed by atoms with Gasteiger partial charge in [-0.3, -0.25) is 0 Å². The Morgan fingerprint density at radius 2 is 2.25 bits per heavy atom. The first-order valence-electron chi connectivity index (χ1n) is 5.79. The number of hydrogen-bond acceptors (Lipinski definition) is 2. The lowest BCUT2D eigenvalue weighted by Crippen LogP contribution is -2.15. The molecule has 1 aromatic rings. The normalized spacial score (nSPS) is 16.9. The summed E-state index contributed by atoms with van der Waals surface area (Å²) >= 11 is 6.13. The summed E-state index contributed by atoms with van der Waals surface area (Å²) in [7, 11) is 1.67. The first-order chi connectivity index (χ1) is 7.69. The lowest BCUT2D eigenvalue weighted by Gasteiger charge is -2.16. The number of anilines is 1. The maximum atomic E-state index is 6.13. The summed E-state index contributed by atoms with van der Waals surface area (Å²) in [6.07, 6.45) is 4.00. The lowest BCUT2D eigenvalue weighted by molar-refractivity contribution is 0.415. The van der Waals surface area contributed by atoms with Crippen molar-refractivity contribution in [2.45, 2.75) is 32.2 Å². The van der Waals surface area contributed by atoms with Gasteiger partial charge in [0, 0.05) is 12.1 Å². The summed E-state index contributed by atoms with van der Waals surface area (Å²) in [5.41, 5.74) is 0.967. The minimum absolute atomic E-state index is 0.470. The molecule has 1 atom stereocenters. The molecule has 0 spiro atoms. The van der Waals surface area contributed by atoms with Crippen LogP contribution in [0.1, 0.15) is 26.2 Å². The van der Waals surface area contributed by atoms with E-state index in [4.69, 9.17) is 16.3 Å². The van der Waals surface area contributed by atoms with Gasteiger partial charge in [-0.05, 0) is 31.4 Å². The average Bonchev–Trinajstić information content (AvgIpc) is 3.05. The second kappa shape index (κ2) is 4.96. The molecule has 0 bridgehead atoms. The largest absolute Gasteiger partial charge is 0.497 e. The Morgan fingerprint density at radius 3 is 2.88 bits per heavy atom. The minimum atomic E-state index is 0.470. The predicted octanol–water partition coefficient (Wildman–Crippen LogP) is 3.95. The van der Waals surface area contributed by atoms with Crippen LogP contribution in [-0.4, -0.2) is 13.2 Å². The third-order valence-corrected chi connectivity index (χ3v) is 3.29. The van der Waals surface area contributed by atoms with Crippen LogP contribution in [0.5, 0.6) is 5.75 Å². The van der Waals surface area contributed by atoms with E-state index in [1.165, 1.54) is 19.3 Å². The highest BCUT2D eigenvalue weighted by molar-refractivity contribution is 6.33. The summed E-state index contributed by atoms with van der Waals surface area (Å²) in [5.74, 6) is 1.76. The van der Waals surface area contributed by atoms with Crippen LogP contribution < -0.4 is 10.1 Å². The van der Waals surface area contributed by atoms with Crippen LogP contribution in [0.4, 0.5) is 5.69 Å². The molecule has 16 heavy (non-hydrogen) atoms. The van der Waals surface area contributed by atoms with Crippen LogP contribution in [0.3, 0.4) is 0 Å². The Balaban J connectivity index is 2.00. The highest BCUT2D eigenvalue weighted by Crippen LogP contribution is 2.35. The summed E-state index contributed by atoms with van der Waals surface area (Å²) < 4.78 is 5.19. The molecule has 1 fully saturated rings. The molecule has 0 aliphatic heterocycles. The molecular weight excluding hydrogens is 222 g/mol. The first kappa shape index (κ1) is 11.6. The summed E-state index contributed by atoms with van der Waals surface area (Å²) in [6, 6.07) is 6.16. The fourth-order valence-corrected chi connectivity index (χ4v) is 2.09. The SMILES string of the molecule is COc1ccc(Cl)c(NC(C)CC2CC2)c1. The summed E-state index contributed by atoms with van der Waals surface area (Å²) in [4.78, 5) is 0. The molecule has 88 valence electrons. The zero-order valence-corrected chi connectivity index (χ0v) is 10.6. The second-order valence-corrected chi connectivity index (χ2v) is 4.98. The Morgan fingerprint density at radius 1 is 1.50 bits per heavy atom. The highest BCUT2D eigenvalue weighted by Gasteiger charge is 2.23. The lowest BCUT2D eigenvalue weighted by atomic mass is 10.1. The number of ether oxygens (including phenoxy) is 1. The van der Waals surface area contributed by atoms with E-state index in [2.05, 4.69) is 12.2 Å². The number of nitrogens with one attached hydrogen (secondary N) is 1. The number of rotatable bonds is 5. The quantitative estimate of drug-likeness (QED) is 0.840. The molecule has 1 unspecified atom stereocenters. The highest BCUT2D eigenvalue weighted by atomic mass is 35.5.